The third-order valence-corrected chi connectivity index (χ3v) is 3.25. The van der Waals surface area contributed by atoms with E-state index < -0.39 is 0 Å². The Labute approximate surface area is 123 Å². The maximum atomic E-state index is 10.7. The summed E-state index contributed by atoms with van der Waals surface area (Å²) in [7, 11) is 0. The zero-order chi connectivity index (χ0) is 14.5. The molecule has 0 N–H and O–H groups in total. The van der Waals surface area contributed by atoms with E-state index in [9.17, 15) is 4.79 Å². The van der Waals surface area contributed by atoms with Crippen molar-refractivity contribution in [2.45, 2.75) is 26.4 Å². The van der Waals surface area contributed by atoms with Gasteiger partial charge in [-0.05, 0) is 19.4 Å². The zero-order valence-electron chi connectivity index (χ0n) is 11.5. The van der Waals surface area contributed by atoms with Gasteiger partial charge in [-0.3, -0.25) is 4.79 Å². The normalized spacial score (nSPS) is 10.6. The first kappa shape index (κ1) is 14.5. The second-order valence-electron chi connectivity index (χ2n) is 4.73. The van der Waals surface area contributed by atoms with Crippen LogP contribution in [0.25, 0.3) is 0 Å². The molecule has 104 valence electrons. The summed E-state index contributed by atoms with van der Waals surface area (Å²) in [5, 5.41) is 0.135. The second kappa shape index (κ2) is 6.48. The Hall–Kier alpha value is -1.94. The van der Waals surface area contributed by atoms with Gasteiger partial charge in [-0.15, -0.1) is 0 Å². The highest BCUT2D eigenvalue weighted by atomic mass is 35.5. The van der Waals surface area contributed by atoms with E-state index in [1.54, 1.807) is 6.20 Å². The molecule has 1 heterocycles. The van der Waals surface area contributed by atoms with Crippen molar-refractivity contribution in [3.8, 4) is 0 Å². The van der Waals surface area contributed by atoms with Gasteiger partial charge in [0.25, 0.3) is 0 Å². The average molecular weight is 290 g/mol. The van der Waals surface area contributed by atoms with Gasteiger partial charge in [0.1, 0.15) is 11.5 Å². The number of carbonyl (C=O) groups excluding carboxylic acids is 1. The van der Waals surface area contributed by atoms with Crippen LogP contribution in [0.5, 0.6) is 0 Å². The van der Waals surface area contributed by atoms with E-state index in [1.807, 2.05) is 18.2 Å². The molecular weight excluding hydrogens is 274 g/mol. The van der Waals surface area contributed by atoms with Gasteiger partial charge in [0, 0.05) is 12.6 Å². The van der Waals surface area contributed by atoms with Gasteiger partial charge in [0.05, 0.1) is 6.20 Å². The van der Waals surface area contributed by atoms with Crippen LogP contribution in [0.1, 0.15) is 29.9 Å². The molecule has 0 aliphatic rings. The topological polar surface area (TPSA) is 46.1 Å². The minimum atomic E-state index is 0.135. The fourth-order valence-corrected chi connectivity index (χ4v) is 2.07. The van der Waals surface area contributed by atoms with Crippen molar-refractivity contribution in [2.24, 2.45) is 0 Å². The molecule has 2 rings (SSSR count). The molecule has 1 aromatic carbocycles. The molecule has 0 radical (unpaired) electrons. The first-order chi connectivity index (χ1) is 9.61. The molecule has 0 spiro atoms. The number of nitrogens with zero attached hydrogens (tertiary/aromatic N) is 3. The zero-order valence-corrected chi connectivity index (χ0v) is 12.2. The van der Waals surface area contributed by atoms with Crippen LogP contribution in [-0.2, 0) is 6.54 Å². The second-order valence-corrected chi connectivity index (χ2v) is 5.09. The van der Waals surface area contributed by atoms with Crippen LogP contribution in [0.4, 0.5) is 5.82 Å². The molecule has 0 saturated heterocycles. The van der Waals surface area contributed by atoms with Gasteiger partial charge in [0.2, 0.25) is 0 Å². The van der Waals surface area contributed by atoms with E-state index in [4.69, 9.17) is 11.6 Å². The molecule has 0 fully saturated rings. The summed E-state index contributed by atoms with van der Waals surface area (Å²) < 4.78 is 0. The number of benzene rings is 1. The Morgan fingerprint density at radius 1 is 1.30 bits per heavy atom. The highest BCUT2D eigenvalue weighted by molar-refractivity contribution is 6.31. The highest BCUT2D eigenvalue weighted by Crippen LogP contribution is 2.20. The Kier molecular flexibility index (Phi) is 4.69. The lowest BCUT2D eigenvalue weighted by molar-refractivity contribution is 0.111. The van der Waals surface area contributed by atoms with E-state index in [0.29, 0.717) is 18.6 Å². The fourth-order valence-electron chi connectivity index (χ4n) is 1.89. The molecule has 0 aliphatic carbocycles. The van der Waals surface area contributed by atoms with Crippen LogP contribution in [0.15, 0.2) is 36.5 Å². The summed E-state index contributed by atoms with van der Waals surface area (Å²) in [5.74, 6) is 0.666. The van der Waals surface area contributed by atoms with Crippen molar-refractivity contribution in [2.75, 3.05) is 4.90 Å². The van der Waals surface area contributed by atoms with E-state index in [0.717, 1.165) is 0 Å². The summed E-state index contributed by atoms with van der Waals surface area (Å²) >= 11 is 5.95. The molecule has 0 saturated carbocycles. The molecule has 0 amide bonds. The summed E-state index contributed by atoms with van der Waals surface area (Å²) in [6.45, 7) is 4.86. The maximum Gasteiger partial charge on any atom is 0.171 e. The van der Waals surface area contributed by atoms with Gasteiger partial charge in [-0.2, -0.15) is 0 Å². The van der Waals surface area contributed by atoms with Crippen molar-refractivity contribution < 1.29 is 4.79 Å². The van der Waals surface area contributed by atoms with Crippen molar-refractivity contribution >= 4 is 23.7 Å². The van der Waals surface area contributed by atoms with Gasteiger partial charge < -0.3 is 4.90 Å². The number of rotatable bonds is 5. The van der Waals surface area contributed by atoms with E-state index >= 15 is 0 Å². The number of halogens is 1. The van der Waals surface area contributed by atoms with Gasteiger partial charge in [-0.1, -0.05) is 41.9 Å². The minimum absolute atomic E-state index is 0.135. The third kappa shape index (κ3) is 3.33. The predicted molar refractivity (Wildman–Crippen MR) is 80.2 cm³/mol. The van der Waals surface area contributed by atoms with Crippen LogP contribution >= 0.6 is 11.6 Å². The summed E-state index contributed by atoms with van der Waals surface area (Å²) in [4.78, 5) is 21.1. The van der Waals surface area contributed by atoms with Crippen LogP contribution in [-0.4, -0.2) is 22.3 Å². The Morgan fingerprint density at radius 2 is 2.00 bits per heavy atom. The van der Waals surface area contributed by atoms with Crippen LogP contribution in [0.2, 0.25) is 5.15 Å². The smallest absolute Gasteiger partial charge is 0.171 e. The van der Waals surface area contributed by atoms with Crippen molar-refractivity contribution in [1.82, 2.24) is 9.97 Å². The molecule has 5 heteroatoms. The van der Waals surface area contributed by atoms with Gasteiger partial charge in [-0.25, -0.2) is 9.97 Å². The van der Waals surface area contributed by atoms with Gasteiger partial charge >= 0.3 is 0 Å². The van der Waals surface area contributed by atoms with Crippen LogP contribution in [0, 0.1) is 0 Å². The molecule has 2 aromatic rings. The first-order valence-electron chi connectivity index (χ1n) is 6.40. The lowest BCUT2D eigenvalue weighted by atomic mass is 10.2. The Balaban J connectivity index is 2.29. The molecule has 0 atom stereocenters. The first-order valence-corrected chi connectivity index (χ1v) is 6.78. The van der Waals surface area contributed by atoms with E-state index in [1.165, 1.54) is 5.56 Å². The van der Waals surface area contributed by atoms with E-state index in [-0.39, 0.29) is 16.9 Å². The fraction of sp³-hybridized carbons (Fsp3) is 0.267. The lowest BCUT2D eigenvalue weighted by Crippen LogP contribution is -2.31. The third-order valence-electron chi connectivity index (χ3n) is 2.97. The summed E-state index contributed by atoms with van der Waals surface area (Å²) in [6, 6.07) is 10.3. The van der Waals surface area contributed by atoms with Gasteiger partial charge in [0.15, 0.2) is 11.4 Å². The van der Waals surface area contributed by atoms with Crippen LogP contribution < -0.4 is 4.90 Å². The number of anilines is 1. The Bertz CT molecular complexity index is 587. The molecule has 20 heavy (non-hydrogen) atoms. The molecular formula is C15H16ClN3O. The summed E-state index contributed by atoms with van der Waals surface area (Å²) in [5.41, 5.74) is 1.34. The van der Waals surface area contributed by atoms with Crippen LogP contribution in [0.3, 0.4) is 0 Å². The highest BCUT2D eigenvalue weighted by Gasteiger charge is 2.15. The lowest BCUT2D eigenvalue weighted by Gasteiger charge is -2.27. The summed E-state index contributed by atoms with van der Waals surface area (Å²) in [6.07, 6.45) is 2.19. The molecule has 0 unspecified atom stereocenters. The SMILES string of the molecule is CC(C)N(Cc1ccccc1)c1cnc(C=O)c(Cl)n1. The molecule has 0 bridgehead atoms. The monoisotopic (exact) mass is 289 g/mol. The largest absolute Gasteiger partial charge is 0.349 e. The average Bonchev–Trinajstić information content (AvgIpc) is 2.45. The number of aromatic nitrogens is 2. The van der Waals surface area contributed by atoms with Crippen molar-refractivity contribution in [1.29, 1.82) is 0 Å². The van der Waals surface area contributed by atoms with E-state index in [2.05, 4.69) is 40.8 Å². The molecule has 1 aromatic heterocycles. The quantitative estimate of drug-likeness (QED) is 0.792. The molecule has 0 aliphatic heterocycles. The number of aldehydes is 1. The Morgan fingerprint density at radius 3 is 2.55 bits per heavy atom. The maximum absolute atomic E-state index is 10.7. The number of hydrogen-bond acceptors (Lipinski definition) is 4. The number of hydrogen-bond donors (Lipinski definition) is 0. The predicted octanol–water partition coefficient (Wildman–Crippen LogP) is 3.36. The molecule has 4 nitrogen and oxygen atoms in total. The minimum Gasteiger partial charge on any atom is -0.349 e. The van der Waals surface area contributed by atoms with Crippen molar-refractivity contribution in [3.63, 3.8) is 0 Å². The standard InChI is InChI=1S/C15H16ClN3O/c1-11(2)19(9-12-6-4-3-5-7-12)14-8-17-13(10-20)15(16)18-14/h3-8,10-11H,9H2,1-2H3. The number of carbonyl (C=O) groups is 1. The van der Waals surface area contributed by atoms with Crippen molar-refractivity contribution in [3.05, 3.63) is 52.9 Å².